The smallest absolute Gasteiger partial charge is 0.200 e. The predicted octanol–water partition coefficient (Wildman–Crippen LogP) is 6.48. The molecule has 0 aliphatic heterocycles. The number of benzene rings is 2. The third-order valence-electron chi connectivity index (χ3n) is 4.78. The summed E-state index contributed by atoms with van der Waals surface area (Å²) in [7, 11) is 1.50. The van der Waals surface area contributed by atoms with Crippen LogP contribution in [0.5, 0.6) is 0 Å². The molecule has 38 heavy (non-hydrogen) atoms. The van der Waals surface area contributed by atoms with E-state index in [2.05, 4.69) is 15.9 Å². The third-order valence-corrected chi connectivity index (χ3v) is 5.35. The SMILES string of the molecule is CN.Cc1cc(/C(C=N)=C/C(C)C)c[nH][nH]cc1C(=O)c1c(F)cccc1F.NSc1cc(F)ccc1F. The molecule has 2 aromatic carbocycles. The van der Waals surface area contributed by atoms with Gasteiger partial charge in [0.2, 0.25) is 5.78 Å². The van der Waals surface area contributed by atoms with Crippen LogP contribution >= 0.6 is 11.9 Å². The number of hydrogen-bond acceptors (Lipinski definition) is 5. The van der Waals surface area contributed by atoms with E-state index in [1.165, 1.54) is 25.5 Å². The van der Waals surface area contributed by atoms with Crippen molar-refractivity contribution in [1.29, 1.82) is 5.41 Å². The van der Waals surface area contributed by atoms with Crippen molar-refractivity contribution in [3.63, 3.8) is 0 Å². The van der Waals surface area contributed by atoms with Crippen molar-refractivity contribution < 1.29 is 22.4 Å². The number of carbonyl (C=O) groups is 1. The standard InChI is InChI=1S/C20H21F2N3O.C6H5F2NS.CH5N/c1-12(2)7-14(9-23)15-8-13(3)16(11-25-24-10-15)20(26)19-17(21)5-4-6-18(19)22;7-4-1-2-5(8)6(3-4)10-9;1-2/h4-12,23-25H,1-3H3;1-3H,9H2;2H2,1H3/b13-8?,14-7+,15-10?,16-11?,23-9?;;. The van der Waals surface area contributed by atoms with Gasteiger partial charge in [0.25, 0.3) is 0 Å². The second kappa shape index (κ2) is 16.2. The Hall–Kier alpha value is -3.67. The second-order valence-corrected chi connectivity index (χ2v) is 8.58. The van der Waals surface area contributed by atoms with Crippen molar-refractivity contribution in [2.75, 3.05) is 7.05 Å². The van der Waals surface area contributed by atoms with E-state index in [9.17, 15) is 22.4 Å². The lowest BCUT2D eigenvalue weighted by Gasteiger charge is -2.08. The zero-order valence-electron chi connectivity index (χ0n) is 21.4. The van der Waals surface area contributed by atoms with Gasteiger partial charge in [0, 0.05) is 29.7 Å². The maximum atomic E-state index is 14.0. The molecule has 6 nitrogen and oxygen atoms in total. The molecule has 1 heterocycles. The van der Waals surface area contributed by atoms with Crippen LogP contribution in [0.4, 0.5) is 17.6 Å². The van der Waals surface area contributed by atoms with E-state index in [4.69, 9.17) is 10.5 Å². The summed E-state index contributed by atoms with van der Waals surface area (Å²) in [5.41, 5.74) is 5.89. The minimum atomic E-state index is -0.908. The summed E-state index contributed by atoms with van der Waals surface area (Å²) in [5, 5.41) is 18.2. The van der Waals surface area contributed by atoms with E-state index in [1.54, 1.807) is 19.2 Å². The van der Waals surface area contributed by atoms with Crippen LogP contribution in [0, 0.1) is 41.5 Å². The first-order valence-electron chi connectivity index (χ1n) is 11.3. The van der Waals surface area contributed by atoms with Crippen LogP contribution in [0.15, 0.2) is 65.8 Å². The summed E-state index contributed by atoms with van der Waals surface area (Å²) < 4.78 is 52.7. The molecule has 0 bridgehead atoms. The summed E-state index contributed by atoms with van der Waals surface area (Å²) in [4.78, 5) is 12.8. The normalized spacial score (nSPS) is 10.6. The van der Waals surface area contributed by atoms with Crippen LogP contribution in [0.25, 0.3) is 5.57 Å². The number of aryl methyl sites for hydroxylation is 1. The first kappa shape index (κ1) is 32.4. The quantitative estimate of drug-likeness (QED) is 0.104. The summed E-state index contributed by atoms with van der Waals surface area (Å²) in [6.07, 6.45) is 6.15. The van der Waals surface area contributed by atoms with Crippen molar-refractivity contribution in [3.8, 4) is 0 Å². The van der Waals surface area contributed by atoms with Crippen molar-refractivity contribution in [3.05, 3.63) is 106 Å². The second-order valence-electron chi connectivity index (χ2n) is 7.90. The number of aromatic nitrogens is 2. The fourth-order valence-electron chi connectivity index (χ4n) is 3.11. The largest absolute Gasteiger partial charge is 0.333 e. The Morgan fingerprint density at radius 3 is 2.11 bits per heavy atom. The Morgan fingerprint density at radius 2 is 1.58 bits per heavy atom. The fraction of sp³-hybridized carbons (Fsp3) is 0.185. The summed E-state index contributed by atoms with van der Waals surface area (Å²) in [6, 6.07) is 8.17. The van der Waals surface area contributed by atoms with Crippen molar-refractivity contribution in [2.45, 2.75) is 25.7 Å². The van der Waals surface area contributed by atoms with E-state index in [1.807, 2.05) is 19.9 Å². The van der Waals surface area contributed by atoms with E-state index in [0.29, 0.717) is 28.6 Å². The van der Waals surface area contributed by atoms with Crippen LogP contribution < -0.4 is 10.9 Å². The lowest BCUT2D eigenvalue weighted by atomic mass is 9.98. The van der Waals surface area contributed by atoms with Gasteiger partial charge in [-0.3, -0.25) is 9.93 Å². The average molecular weight is 550 g/mol. The Bertz CT molecular complexity index is 1300. The first-order chi connectivity index (χ1) is 18.1. The minimum Gasteiger partial charge on any atom is -0.333 e. The van der Waals surface area contributed by atoms with Gasteiger partial charge >= 0.3 is 0 Å². The molecule has 204 valence electrons. The molecule has 0 radical (unpaired) electrons. The molecule has 11 heteroatoms. The molecule has 0 spiro atoms. The van der Waals surface area contributed by atoms with Gasteiger partial charge in [0.15, 0.2) is 0 Å². The van der Waals surface area contributed by atoms with Crippen molar-refractivity contribution >= 4 is 29.5 Å². The Morgan fingerprint density at radius 1 is 0.974 bits per heavy atom. The lowest BCUT2D eigenvalue weighted by molar-refractivity contribution is 0.103. The zero-order valence-corrected chi connectivity index (χ0v) is 22.2. The molecule has 0 saturated heterocycles. The molecule has 0 aliphatic carbocycles. The molecular formula is C27H31F4N5OS. The highest BCUT2D eigenvalue weighted by molar-refractivity contribution is 7.97. The van der Waals surface area contributed by atoms with Crippen LogP contribution in [0.3, 0.4) is 0 Å². The van der Waals surface area contributed by atoms with Crippen LogP contribution in [0.1, 0.15) is 40.9 Å². The van der Waals surface area contributed by atoms with Crippen molar-refractivity contribution in [2.24, 2.45) is 16.8 Å². The number of aromatic amines is 2. The number of allylic oxidation sites excluding steroid dienone is 2. The number of nitrogens with one attached hydrogen (secondary N) is 3. The van der Waals surface area contributed by atoms with Crippen LogP contribution in [-0.4, -0.2) is 29.2 Å². The molecule has 1 aromatic heterocycles. The highest BCUT2D eigenvalue weighted by atomic mass is 32.2. The van der Waals surface area contributed by atoms with Gasteiger partial charge in [0.1, 0.15) is 23.3 Å². The number of H-pyrrole nitrogens is 2. The van der Waals surface area contributed by atoms with E-state index >= 15 is 0 Å². The molecule has 0 atom stereocenters. The Balaban J connectivity index is 0.000000501. The van der Waals surface area contributed by atoms with Gasteiger partial charge in [0.05, 0.1) is 10.5 Å². The number of carbonyl (C=O) groups excluding carboxylic acids is 1. The number of ketones is 1. The van der Waals surface area contributed by atoms with E-state index in [-0.39, 0.29) is 16.4 Å². The Kier molecular flexibility index (Phi) is 13.8. The maximum absolute atomic E-state index is 14.0. The van der Waals surface area contributed by atoms with Gasteiger partial charge in [-0.15, -0.1) is 0 Å². The van der Waals surface area contributed by atoms with E-state index in [0.717, 1.165) is 30.3 Å². The fourth-order valence-corrected chi connectivity index (χ4v) is 3.48. The van der Waals surface area contributed by atoms with Gasteiger partial charge in [-0.2, -0.15) is 0 Å². The maximum Gasteiger partial charge on any atom is 0.200 e. The molecule has 3 aromatic rings. The monoisotopic (exact) mass is 549 g/mol. The topological polar surface area (TPSA) is 125 Å². The summed E-state index contributed by atoms with van der Waals surface area (Å²) in [5.74, 6) is -3.31. The molecule has 7 N–H and O–H groups in total. The number of halogens is 4. The number of nitrogens with two attached hydrogens (primary N) is 2. The highest BCUT2D eigenvalue weighted by Crippen LogP contribution is 2.21. The molecular weight excluding hydrogens is 518 g/mol. The van der Waals surface area contributed by atoms with Gasteiger partial charge in [-0.25, -0.2) is 17.6 Å². The highest BCUT2D eigenvalue weighted by Gasteiger charge is 2.20. The molecule has 0 saturated carbocycles. The van der Waals surface area contributed by atoms with Gasteiger partial charge in [-0.05, 0) is 79.4 Å². The summed E-state index contributed by atoms with van der Waals surface area (Å²) in [6.45, 7) is 5.66. The summed E-state index contributed by atoms with van der Waals surface area (Å²) >= 11 is 0.695. The van der Waals surface area contributed by atoms with Crippen LogP contribution in [0.2, 0.25) is 0 Å². The predicted molar refractivity (Wildman–Crippen MR) is 145 cm³/mol. The zero-order chi connectivity index (χ0) is 28.8. The number of rotatable bonds is 6. The van der Waals surface area contributed by atoms with E-state index < -0.39 is 34.6 Å². The van der Waals surface area contributed by atoms with Crippen LogP contribution in [-0.2, 0) is 0 Å². The molecule has 0 aliphatic rings. The van der Waals surface area contributed by atoms with Gasteiger partial charge < -0.3 is 21.3 Å². The molecule has 0 fully saturated rings. The third kappa shape index (κ3) is 9.33. The van der Waals surface area contributed by atoms with Gasteiger partial charge in [-0.1, -0.05) is 26.0 Å². The Labute approximate surface area is 223 Å². The minimum absolute atomic E-state index is 0.125. The van der Waals surface area contributed by atoms with Crippen molar-refractivity contribution in [1.82, 2.24) is 10.2 Å². The molecule has 3 rings (SSSR count). The number of hydrogen-bond donors (Lipinski definition) is 5. The average Bonchev–Trinajstić information content (AvgIpc) is 2.87. The molecule has 0 unspecified atom stereocenters. The lowest BCUT2D eigenvalue weighted by Crippen LogP contribution is -2.09. The molecule has 0 amide bonds. The first-order valence-corrected chi connectivity index (χ1v) is 12.2.